The van der Waals surface area contributed by atoms with Crippen LogP contribution in [0.4, 0.5) is 14.6 Å². The lowest BCUT2D eigenvalue weighted by Gasteiger charge is -2.16. The maximum atomic E-state index is 13.7. The van der Waals surface area contributed by atoms with Gasteiger partial charge < -0.3 is 20.6 Å². The monoisotopic (exact) mass is 492 g/mol. The summed E-state index contributed by atoms with van der Waals surface area (Å²) in [6.45, 7) is 2.10. The number of thioether (sulfide) groups is 1. The Balaban J connectivity index is 1.44. The van der Waals surface area contributed by atoms with Crippen molar-refractivity contribution in [2.24, 2.45) is 0 Å². The van der Waals surface area contributed by atoms with Crippen molar-refractivity contribution in [3.63, 3.8) is 0 Å². The minimum absolute atomic E-state index is 0.00769. The fraction of sp³-hybridized carbons (Fsp3) is 0.545. The molecule has 12 heteroatoms. The Bertz CT molecular complexity index is 1200. The van der Waals surface area contributed by atoms with Crippen molar-refractivity contribution in [3.8, 4) is 0 Å². The van der Waals surface area contributed by atoms with Crippen LogP contribution in [0.1, 0.15) is 50.1 Å². The molecule has 2 aromatic heterocycles. The van der Waals surface area contributed by atoms with Gasteiger partial charge in [0.15, 0.2) is 33.8 Å². The Labute approximate surface area is 198 Å². The minimum atomic E-state index is -1.27. The van der Waals surface area contributed by atoms with E-state index in [-0.39, 0.29) is 18.4 Å². The third-order valence-corrected chi connectivity index (χ3v) is 7.39. The van der Waals surface area contributed by atoms with Crippen LogP contribution in [0, 0.1) is 11.6 Å². The molecule has 2 heterocycles. The third-order valence-electron chi connectivity index (χ3n) is 6.45. The Kier molecular flexibility index (Phi) is 6.40. The molecule has 0 spiro atoms. The van der Waals surface area contributed by atoms with Gasteiger partial charge in [0.2, 0.25) is 0 Å². The number of benzene rings is 1. The van der Waals surface area contributed by atoms with Crippen LogP contribution < -0.4 is 5.32 Å². The normalized spacial score (nSPS) is 28.5. The van der Waals surface area contributed by atoms with E-state index in [4.69, 9.17) is 0 Å². The largest absolute Gasteiger partial charge is 0.390 e. The highest BCUT2D eigenvalue weighted by atomic mass is 32.2. The first-order valence-electron chi connectivity index (χ1n) is 11.4. The van der Waals surface area contributed by atoms with E-state index in [9.17, 15) is 24.1 Å². The molecule has 0 amide bonds. The van der Waals surface area contributed by atoms with Gasteiger partial charge in [-0.25, -0.2) is 23.4 Å². The van der Waals surface area contributed by atoms with Crippen LogP contribution in [-0.2, 0) is 0 Å². The molecule has 0 bridgehead atoms. The van der Waals surface area contributed by atoms with E-state index in [1.807, 2.05) is 0 Å². The first-order valence-corrected chi connectivity index (χ1v) is 12.4. The van der Waals surface area contributed by atoms with Gasteiger partial charge in [-0.1, -0.05) is 36.4 Å². The van der Waals surface area contributed by atoms with E-state index in [0.717, 1.165) is 31.1 Å². The van der Waals surface area contributed by atoms with Gasteiger partial charge in [-0.2, -0.15) is 0 Å². The van der Waals surface area contributed by atoms with E-state index in [0.29, 0.717) is 27.7 Å². The van der Waals surface area contributed by atoms with Crippen molar-refractivity contribution < 1.29 is 24.1 Å². The van der Waals surface area contributed by atoms with Gasteiger partial charge in [0.05, 0.1) is 12.1 Å². The molecule has 6 atom stereocenters. The molecule has 2 aliphatic rings. The molecule has 4 N–H and O–H groups in total. The second-order valence-corrected chi connectivity index (χ2v) is 9.94. The molecule has 3 aromatic rings. The molecular formula is C22H26F2N6O3S. The van der Waals surface area contributed by atoms with E-state index < -0.39 is 36.0 Å². The molecule has 0 saturated heterocycles. The molecule has 2 saturated carbocycles. The number of hydrogen-bond donors (Lipinski definition) is 4. The predicted octanol–water partition coefficient (Wildman–Crippen LogP) is 2.39. The molecular weight excluding hydrogens is 466 g/mol. The van der Waals surface area contributed by atoms with Crippen LogP contribution in [-0.4, -0.2) is 70.4 Å². The third kappa shape index (κ3) is 4.35. The summed E-state index contributed by atoms with van der Waals surface area (Å²) < 4.78 is 28.4. The molecule has 2 aliphatic carbocycles. The summed E-state index contributed by atoms with van der Waals surface area (Å²) in [5.41, 5.74) is 1.51. The van der Waals surface area contributed by atoms with Crippen LogP contribution in [0.2, 0.25) is 0 Å². The zero-order valence-corrected chi connectivity index (χ0v) is 19.3. The molecule has 5 rings (SSSR count). The lowest BCUT2D eigenvalue weighted by Crippen LogP contribution is -2.31. The average molecular weight is 493 g/mol. The first-order chi connectivity index (χ1) is 16.4. The van der Waals surface area contributed by atoms with Crippen LogP contribution >= 0.6 is 11.8 Å². The van der Waals surface area contributed by atoms with E-state index in [1.165, 1.54) is 22.5 Å². The predicted molar refractivity (Wildman–Crippen MR) is 122 cm³/mol. The number of fused-ring (bicyclic) bond motifs is 1. The number of rotatable bonds is 8. The van der Waals surface area contributed by atoms with Crippen molar-refractivity contribution in [3.05, 3.63) is 35.4 Å². The number of nitrogens with one attached hydrogen (secondary N) is 1. The summed E-state index contributed by atoms with van der Waals surface area (Å²) in [5, 5.41) is 42.7. The summed E-state index contributed by atoms with van der Waals surface area (Å²) in [4.78, 5) is 9.24. The second kappa shape index (κ2) is 9.33. The highest BCUT2D eigenvalue weighted by molar-refractivity contribution is 7.99. The van der Waals surface area contributed by atoms with Crippen molar-refractivity contribution >= 4 is 28.7 Å². The zero-order chi connectivity index (χ0) is 24.0. The Morgan fingerprint density at radius 1 is 1.12 bits per heavy atom. The van der Waals surface area contributed by atoms with Crippen molar-refractivity contribution in [2.75, 3.05) is 11.1 Å². The van der Waals surface area contributed by atoms with Gasteiger partial charge in [0.25, 0.3) is 0 Å². The molecule has 1 aromatic carbocycles. The molecule has 0 radical (unpaired) electrons. The number of aromatic nitrogens is 5. The van der Waals surface area contributed by atoms with Gasteiger partial charge in [0.1, 0.15) is 12.2 Å². The number of anilines is 1. The number of halogens is 2. The number of aliphatic hydroxyl groups is 3. The molecule has 9 nitrogen and oxygen atoms in total. The fourth-order valence-electron chi connectivity index (χ4n) is 4.37. The number of aliphatic hydroxyl groups excluding tert-OH is 3. The minimum Gasteiger partial charge on any atom is -0.390 e. The first kappa shape index (κ1) is 23.3. The van der Waals surface area contributed by atoms with Crippen molar-refractivity contribution in [1.29, 1.82) is 0 Å². The van der Waals surface area contributed by atoms with Crippen LogP contribution in [0.15, 0.2) is 23.4 Å². The standard InChI is InChI=1S/C22H26F2N6O3S/c1-2-3-6-34-22-26-20(25-14-8-11(14)10-4-5-12(23)13(24)7-10)17-21(27-22)30(29-28-17)15-9-16(31)19(33)18(15)32/h4-5,7,11,14-16,18-19,31-33H,2-3,6,8-9H2,1H3,(H,25,26,27)/t11-,14+,15+,16-,18-,19+/m0/s1. The maximum absolute atomic E-state index is 13.7. The topological polar surface area (TPSA) is 129 Å². The van der Waals surface area contributed by atoms with E-state index in [1.54, 1.807) is 6.07 Å². The van der Waals surface area contributed by atoms with Gasteiger partial charge in [0, 0.05) is 24.1 Å². The average Bonchev–Trinajstić information content (AvgIpc) is 3.38. The van der Waals surface area contributed by atoms with Crippen LogP contribution in [0.3, 0.4) is 0 Å². The van der Waals surface area contributed by atoms with Crippen LogP contribution in [0.5, 0.6) is 0 Å². The van der Waals surface area contributed by atoms with Crippen LogP contribution in [0.25, 0.3) is 11.2 Å². The van der Waals surface area contributed by atoms with Gasteiger partial charge in [-0.15, -0.1) is 5.10 Å². The summed E-state index contributed by atoms with van der Waals surface area (Å²) >= 11 is 1.50. The Morgan fingerprint density at radius 2 is 1.94 bits per heavy atom. The smallest absolute Gasteiger partial charge is 0.191 e. The number of hydrogen-bond acceptors (Lipinski definition) is 9. The van der Waals surface area contributed by atoms with Gasteiger partial charge in [-0.3, -0.25) is 0 Å². The summed E-state index contributed by atoms with van der Waals surface area (Å²) in [6.07, 6.45) is -0.682. The number of unbranched alkanes of at least 4 members (excludes halogenated alkanes) is 1. The molecule has 2 fully saturated rings. The zero-order valence-electron chi connectivity index (χ0n) is 18.5. The lowest BCUT2D eigenvalue weighted by atomic mass is 10.1. The maximum Gasteiger partial charge on any atom is 0.191 e. The fourth-order valence-corrected chi connectivity index (χ4v) is 5.30. The molecule has 0 unspecified atom stereocenters. The summed E-state index contributed by atoms with van der Waals surface area (Å²) in [5.74, 6) is -0.439. The highest BCUT2D eigenvalue weighted by Crippen LogP contribution is 2.44. The summed E-state index contributed by atoms with van der Waals surface area (Å²) in [6, 6.07) is 3.22. The van der Waals surface area contributed by atoms with E-state index in [2.05, 4.69) is 32.5 Å². The van der Waals surface area contributed by atoms with Crippen molar-refractivity contribution in [2.45, 2.75) is 74.1 Å². The quantitative estimate of drug-likeness (QED) is 0.213. The Hall–Kier alpha value is -2.41. The lowest BCUT2D eigenvalue weighted by molar-refractivity contribution is -0.0253. The summed E-state index contributed by atoms with van der Waals surface area (Å²) in [7, 11) is 0. The SMILES string of the molecule is CCCCSc1nc(N[C@@H]2C[C@H]2c2ccc(F)c(F)c2)c2nnn([C@@H]3C[C@H](O)[C@@H](O)[C@H]3O)c2n1. The van der Waals surface area contributed by atoms with Crippen molar-refractivity contribution in [1.82, 2.24) is 25.0 Å². The van der Waals surface area contributed by atoms with E-state index >= 15 is 0 Å². The molecule has 34 heavy (non-hydrogen) atoms. The van der Waals surface area contributed by atoms with Gasteiger partial charge in [-0.05, 0) is 30.5 Å². The van der Waals surface area contributed by atoms with Gasteiger partial charge >= 0.3 is 0 Å². The number of nitrogens with zero attached hydrogens (tertiary/aromatic N) is 5. The molecule has 0 aliphatic heterocycles. The Morgan fingerprint density at radius 3 is 2.65 bits per heavy atom. The second-order valence-electron chi connectivity index (χ2n) is 8.88. The highest BCUT2D eigenvalue weighted by Gasteiger charge is 2.44. The molecule has 182 valence electrons.